The summed E-state index contributed by atoms with van der Waals surface area (Å²) >= 11 is 0. The molecule has 0 spiro atoms. The highest BCUT2D eigenvalue weighted by atomic mass is 16.5. The van der Waals surface area contributed by atoms with Gasteiger partial charge in [-0.2, -0.15) is 0 Å². The summed E-state index contributed by atoms with van der Waals surface area (Å²) in [6.07, 6.45) is 2.95. The van der Waals surface area contributed by atoms with E-state index in [2.05, 4.69) is 10.3 Å². The molecule has 0 unspecified atom stereocenters. The van der Waals surface area contributed by atoms with E-state index in [-0.39, 0.29) is 17.0 Å². The summed E-state index contributed by atoms with van der Waals surface area (Å²) in [4.78, 5) is 26.4. The van der Waals surface area contributed by atoms with Crippen molar-refractivity contribution >= 4 is 11.6 Å². The number of carbonyl (C=O) groups is 1. The number of hydrogen-bond acceptors (Lipinski definition) is 4. The second-order valence-electron chi connectivity index (χ2n) is 4.25. The molecule has 2 N–H and O–H groups in total. The molecular weight excluding hydrogens is 272 g/mol. The van der Waals surface area contributed by atoms with Crippen molar-refractivity contribution in [3.8, 4) is 5.75 Å². The zero-order valence-electron chi connectivity index (χ0n) is 11.6. The van der Waals surface area contributed by atoms with Gasteiger partial charge in [0.1, 0.15) is 18.0 Å². The van der Waals surface area contributed by atoms with E-state index >= 15 is 0 Å². The van der Waals surface area contributed by atoms with Gasteiger partial charge in [-0.1, -0.05) is 6.07 Å². The highest BCUT2D eigenvalue weighted by molar-refractivity contribution is 6.04. The van der Waals surface area contributed by atoms with Crippen molar-refractivity contribution in [2.24, 2.45) is 0 Å². The largest absolute Gasteiger partial charge is 0.491 e. The van der Waals surface area contributed by atoms with Gasteiger partial charge in [0.25, 0.3) is 5.91 Å². The Kier molecular flexibility index (Phi) is 5.11. The Bertz CT molecular complexity index is 666. The first kappa shape index (κ1) is 14.8. The van der Waals surface area contributed by atoms with E-state index in [1.54, 1.807) is 31.4 Å². The predicted octanol–water partition coefficient (Wildman–Crippen LogP) is 1.65. The number of rotatable bonds is 6. The number of amides is 1. The molecule has 0 saturated carbocycles. The van der Waals surface area contributed by atoms with E-state index in [9.17, 15) is 9.59 Å². The van der Waals surface area contributed by atoms with Crippen LogP contribution in [0.15, 0.2) is 47.5 Å². The zero-order chi connectivity index (χ0) is 15.1. The molecule has 0 fully saturated rings. The number of benzene rings is 1. The molecule has 0 saturated heterocycles. The summed E-state index contributed by atoms with van der Waals surface area (Å²) < 4.78 is 10.3. The number of ether oxygens (including phenoxy) is 2. The van der Waals surface area contributed by atoms with Crippen molar-refractivity contribution < 1.29 is 14.3 Å². The van der Waals surface area contributed by atoms with Crippen molar-refractivity contribution in [2.75, 3.05) is 25.6 Å². The van der Waals surface area contributed by atoms with Gasteiger partial charge in [-0.15, -0.1) is 0 Å². The van der Waals surface area contributed by atoms with E-state index in [1.165, 1.54) is 18.5 Å². The van der Waals surface area contributed by atoms with Crippen LogP contribution >= 0.6 is 0 Å². The van der Waals surface area contributed by atoms with Gasteiger partial charge in [-0.3, -0.25) is 9.59 Å². The Balaban J connectivity index is 2.07. The average molecular weight is 288 g/mol. The zero-order valence-corrected chi connectivity index (χ0v) is 11.6. The minimum absolute atomic E-state index is 0.202. The normalized spacial score (nSPS) is 10.1. The molecule has 6 nitrogen and oxygen atoms in total. The molecule has 1 aromatic carbocycles. The van der Waals surface area contributed by atoms with Crippen LogP contribution in [0.1, 0.15) is 10.4 Å². The molecule has 1 amide bonds. The van der Waals surface area contributed by atoms with Crippen LogP contribution in [0.5, 0.6) is 5.75 Å². The number of nitrogens with one attached hydrogen (secondary N) is 2. The van der Waals surface area contributed by atoms with Crippen LogP contribution in [-0.4, -0.2) is 31.2 Å². The number of hydrogen-bond donors (Lipinski definition) is 2. The quantitative estimate of drug-likeness (QED) is 0.792. The third kappa shape index (κ3) is 4.19. The minimum atomic E-state index is -0.371. The monoisotopic (exact) mass is 288 g/mol. The predicted molar refractivity (Wildman–Crippen MR) is 78.8 cm³/mol. The molecule has 0 aliphatic rings. The first-order chi connectivity index (χ1) is 10.2. The van der Waals surface area contributed by atoms with E-state index in [1.807, 2.05) is 0 Å². The van der Waals surface area contributed by atoms with Crippen LogP contribution in [0.4, 0.5) is 5.69 Å². The first-order valence-corrected chi connectivity index (χ1v) is 6.41. The maximum Gasteiger partial charge on any atom is 0.255 e. The van der Waals surface area contributed by atoms with Crippen LogP contribution in [-0.2, 0) is 4.74 Å². The minimum Gasteiger partial charge on any atom is -0.491 e. The molecular formula is C15H16N2O4. The van der Waals surface area contributed by atoms with E-state index in [0.717, 1.165) is 0 Å². The number of aromatic nitrogens is 1. The van der Waals surface area contributed by atoms with E-state index in [0.29, 0.717) is 24.5 Å². The summed E-state index contributed by atoms with van der Waals surface area (Å²) in [7, 11) is 1.59. The summed E-state index contributed by atoms with van der Waals surface area (Å²) in [5, 5.41) is 2.56. The van der Waals surface area contributed by atoms with Gasteiger partial charge in [0, 0.05) is 31.1 Å². The molecule has 2 aromatic rings. The van der Waals surface area contributed by atoms with Crippen LogP contribution < -0.4 is 15.5 Å². The van der Waals surface area contributed by atoms with Gasteiger partial charge in [0.05, 0.1) is 6.61 Å². The fourth-order valence-corrected chi connectivity index (χ4v) is 1.68. The standard InChI is InChI=1S/C15H16N2O4/c1-20-7-8-21-12-4-2-3-11(9-12)15(19)17-13-10-16-6-5-14(13)18/h2-6,9-10H,7-8H2,1H3,(H,16,18)(H,17,19). The van der Waals surface area contributed by atoms with Crippen LogP contribution in [0.3, 0.4) is 0 Å². The van der Waals surface area contributed by atoms with Gasteiger partial charge in [-0.05, 0) is 18.2 Å². The van der Waals surface area contributed by atoms with E-state index in [4.69, 9.17) is 9.47 Å². The maximum atomic E-state index is 12.1. The molecule has 0 aliphatic heterocycles. The molecule has 0 atom stereocenters. The number of carbonyl (C=O) groups excluding carboxylic acids is 1. The van der Waals surface area contributed by atoms with Crippen LogP contribution in [0, 0.1) is 0 Å². The lowest BCUT2D eigenvalue weighted by molar-refractivity contribution is 0.102. The van der Waals surface area contributed by atoms with Gasteiger partial charge in [-0.25, -0.2) is 0 Å². The fraction of sp³-hybridized carbons (Fsp3) is 0.200. The highest BCUT2D eigenvalue weighted by Gasteiger charge is 2.09. The van der Waals surface area contributed by atoms with Crippen molar-refractivity contribution in [1.82, 2.24) is 4.98 Å². The number of methoxy groups -OCH3 is 1. The molecule has 6 heteroatoms. The Labute approximate surface area is 121 Å². The lowest BCUT2D eigenvalue weighted by atomic mass is 10.2. The lowest BCUT2D eigenvalue weighted by Gasteiger charge is -2.08. The molecule has 2 rings (SSSR count). The third-order valence-corrected chi connectivity index (χ3v) is 2.72. The summed E-state index contributed by atoms with van der Waals surface area (Å²) in [5.74, 6) is 0.200. The number of pyridine rings is 1. The highest BCUT2D eigenvalue weighted by Crippen LogP contribution is 2.14. The number of aromatic amines is 1. The smallest absolute Gasteiger partial charge is 0.255 e. The summed E-state index contributed by atoms with van der Waals surface area (Å²) in [6.45, 7) is 0.871. The summed E-state index contributed by atoms with van der Waals surface area (Å²) in [5.41, 5.74) is 0.357. The molecule has 1 heterocycles. The van der Waals surface area contributed by atoms with Crippen LogP contribution in [0.2, 0.25) is 0 Å². The second-order valence-corrected chi connectivity index (χ2v) is 4.25. The molecule has 0 bridgehead atoms. The van der Waals surface area contributed by atoms with Crippen LogP contribution in [0.25, 0.3) is 0 Å². The Hall–Kier alpha value is -2.60. The van der Waals surface area contributed by atoms with E-state index < -0.39 is 0 Å². The Morgan fingerprint density at radius 3 is 2.90 bits per heavy atom. The molecule has 1 aromatic heterocycles. The van der Waals surface area contributed by atoms with Gasteiger partial charge >= 0.3 is 0 Å². The topological polar surface area (TPSA) is 80.4 Å². The number of H-pyrrole nitrogens is 1. The first-order valence-electron chi connectivity index (χ1n) is 6.41. The second kappa shape index (κ2) is 7.25. The van der Waals surface area contributed by atoms with Gasteiger partial charge in [0.2, 0.25) is 5.43 Å². The van der Waals surface area contributed by atoms with Crippen molar-refractivity contribution in [3.05, 3.63) is 58.5 Å². The van der Waals surface area contributed by atoms with Crippen molar-refractivity contribution in [3.63, 3.8) is 0 Å². The van der Waals surface area contributed by atoms with Gasteiger partial charge < -0.3 is 19.8 Å². The number of anilines is 1. The molecule has 110 valence electrons. The maximum absolute atomic E-state index is 12.1. The average Bonchev–Trinajstić information content (AvgIpc) is 2.50. The Morgan fingerprint density at radius 2 is 2.14 bits per heavy atom. The Morgan fingerprint density at radius 1 is 1.29 bits per heavy atom. The van der Waals surface area contributed by atoms with Crippen molar-refractivity contribution in [1.29, 1.82) is 0 Å². The summed E-state index contributed by atoms with van der Waals surface area (Å²) in [6, 6.07) is 8.08. The SMILES string of the molecule is COCCOc1cccc(C(=O)Nc2c[nH]ccc2=O)c1. The molecule has 21 heavy (non-hydrogen) atoms. The molecule has 0 radical (unpaired) electrons. The fourth-order valence-electron chi connectivity index (χ4n) is 1.68. The van der Waals surface area contributed by atoms with Gasteiger partial charge in [0.15, 0.2) is 0 Å². The molecule has 0 aliphatic carbocycles. The van der Waals surface area contributed by atoms with Crippen molar-refractivity contribution in [2.45, 2.75) is 0 Å². The third-order valence-electron chi connectivity index (χ3n) is 2.72. The lowest BCUT2D eigenvalue weighted by Crippen LogP contribution is -2.18.